The number of hydrogen-bond donors (Lipinski definition) is 2. The van der Waals surface area contributed by atoms with E-state index in [4.69, 9.17) is 18.9 Å². The maximum atomic E-state index is 14.8. The number of ether oxygens (including phenoxy) is 4. The van der Waals surface area contributed by atoms with Gasteiger partial charge in [-0.15, -0.1) is 0 Å². The van der Waals surface area contributed by atoms with Gasteiger partial charge in [-0.05, 0) is 87.1 Å². The fourth-order valence-electron chi connectivity index (χ4n) is 8.54. The Balaban J connectivity index is 1.58. The van der Waals surface area contributed by atoms with Crippen molar-refractivity contribution >= 4 is 18.0 Å². The van der Waals surface area contributed by atoms with Crippen LogP contribution in [-0.4, -0.2) is 56.8 Å². The molecular formula is C38H46O9. The summed E-state index contributed by atoms with van der Waals surface area (Å²) in [7, 11) is 0. The Morgan fingerprint density at radius 1 is 1.02 bits per heavy atom. The Hall–Kier alpha value is -3.69. The topological polar surface area (TPSA) is 129 Å². The highest BCUT2D eigenvalue weighted by Gasteiger charge is 2.81. The maximum Gasteiger partial charge on any atom is 0.298 e. The van der Waals surface area contributed by atoms with E-state index in [2.05, 4.69) is 6.08 Å². The predicted octanol–water partition coefficient (Wildman–Crippen LogP) is 6.18. The molecule has 1 spiro atoms. The van der Waals surface area contributed by atoms with Gasteiger partial charge in [-0.2, -0.15) is 0 Å². The summed E-state index contributed by atoms with van der Waals surface area (Å²) in [5, 5.41) is 23.2. The third-order valence-corrected chi connectivity index (χ3v) is 10.9. The standard InChI is InChI=1S/C38H46O9/c1-20(2)10-9-14-36(8)28(40)18-25-30(41)29-31(42)26-16-23-17-27-35(6,7)47-37(34(23)43,15-13-22(5)44-19-39)38(26,27)46-33(29)24(32(25)45-36)12-11-21(3)4/h10-11,13,16,19,23,27-28,40-41H,9,12,14-15,17-18H2,1-8H3/b22-13-/t23-,27?,28-,36-,37?,38-/m1/s1. The Morgan fingerprint density at radius 3 is 2.38 bits per heavy atom. The first kappa shape index (κ1) is 33.2. The number of rotatable bonds is 9. The van der Waals surface area contributed by atoms with E-state index >= 15 is 0 Å². The predicted molar refractivity (Wildman–Crippen MR) is 174 cm³/mol. The van der Waals surface area contributed by atoms with Gasteiger partial charge in [0.1, 0.15) is 34.2 Å². The first-order valence-corrected chi connectivity index (χ1v) is 16.5. The zero-order chi connectivity index (χ0) is 34.3. The molecule has 47 heavy (non-hydrogen) atoms. The van der Waals surface area contributed by atoms with Crippen LogP contribution in [0.3, 0.4) is 0 Å². The molecule has 1 aromatic rings. The molecule has 1 saturated carbocycles. The van der Waals surface area contributed by atoms with E-state index in [0.717, 1.165) is 5.57 Å². The van der Waals surface area contributed by atoms with Crippen molar-refractivity contribution < 1.29 is 43.5 Å². The number of phenolic OH excluding ortho intramolecular Hbond substituents is 1. The number of benzene rings is 1. The number of hydrogen-bond acceptors (Lipinski definition) is 9. The smallest absolute Gasteiger partial charge is 0.298 e. The minimum atomic E-state index is -1.58. The average molecular weight is 647 g/mol. The quantitative estimate of drug-likeness (QED) is 0.184. The molecular weight excluding hydrogens is 600 g/mol. The summed E-state index contributed by atoms with van der Waals surface area (Å²) < 4.78 is 25.7. The number of carbonyl (C=O) groups excluding carboxylic acids is 3. The second kappa shape index (κ2) is 11.2. The lowest BCUT2D eigenvalue weighted by atomic mass is 9.51. The van der Waals surface area contributed by atoms with Gasteiger partial charge in [0, 0.05) is 41.4 Å². The number of allylic oxidation sites excluding steroid dienone is 6. The number of ketones is 2. The molecule has 6 atom stereocenters. The van der Waals surface area contributed by atoms with Gasteiger partial charge < -0.3 is 29.2 Å². The van der Waals surface area contributed by atoms with E-state index in [0.29, 0.717) is 60.4 Å². The lowest BCUT2D eigenvalue weighted by Gasteiger charge is -2.56. The highest BCUT2D eigenvalue weighted by Crippen LogP contribution is 2.68. The highest BCUT2D eigenvalue weighted by atomic mass is 16.6. The summed E-state index contributed by atoms with van der Waals surface area (Å²) in [6.07, 6.45) is 8.65. The summed E-state index contributed by atoms with van der Waals surface area (Å²) in [6.45, 7) is 15.6. The van der Waals surface area contributed by atoms with Gasteiger partial charge in [0.05, 0.1) is 11.7 Å². The summed E-state index contributed by atoms with van der Waals surface area (Å²) >= 11 is 0. The maximum absolute atomic E-state index is 14.8. The normalized spacial score (nSPS) is 32.7. The van der Waals surface area contributed by atoms with Crippen LogP contribution in [0.5, 0.6) is 17.2 Å². The van der Waals surface area contributed by atoms with Gasteiger partial charge in [0.2, 0.25) is 0 Å². The summed E-state index contributed by atoms with van der Waals surface area (Å²) in [5.74, 6) is -0.958. The van der Waals surface area contributed by atoms with Gasteiger partial charge in [0.25, 0.3) is 6.47 Å². The van der Waals surface area contributed by atoms with E-state index in [9.17, 15) is 24.6 Å². The monoisotopic (exact) mass is 646 g/mol. The van der Waals surface area contributed by atoms with Crippen molar-refractivity contribution in [3.05, 3.63) is 63.5 Å². The van der Waals surface area contributed by atoms with Crippen molar-refractivity contribution in [1.29, 1.82) is 0 Å². The largest absolute Gasteiger partial charge is 0.507 e. The Bertz CT molecular complexity index is 1680. The van der Waals surface area contributed by atoms with Crippen molar-refractivity contribution in [2.24, 2.45) is 11.8 Å². The van der Waals surface area contributed by atoms with Gasteiger partial charge in [-0.1, -0.05) is 29.4 Å². The molecule has 0 aromatic heterocycles. The van der Waals surface area contributed by atoms with Crippen LogP contribution in [0.4, 0.5) is 0 Å². The SMILES string of the molecule is CC(C)=CCC[C@@]1(C)Oc2c(c(O)c3c(c2CC=C(C)C)O[C@]24C(=C[C@@H]5CC2C(C)(C)OC4(C/C=C(/C)OC=O)C5=O)C3=O)C[C@H]1O. The molecule has 1 saturated heterocycles. The zero-order valence-corrected chi connectivity index (χ0v) is 28.6. The molecule has 2 N–H and O–H groups in total. The van der Waals surface area contributed by atoms with Gasteiger partial charge in [0.15, 0.2) is 22.8 Å². The number of aliphatic hydroxyl groups is 1. The first-order chi connectivity index (χ1) is 22.0. The van der Waals surface area contributed by atoms with Crippen molar-refractivity contribution in [3.63, 3.8) is 0 Å². The molecule has 2 fully saturated rings. The number of phenols is 1. The third kappa shape index (κ3) is 4.75. The van der Waals surface area contributed by atoms with Crippen molar-refractivity contribution in [3.8, 4) is 17.2 Å². The van der Waals surface area contributed by atoms with Gasteiger partial charge in [-0.3, -0.25) is 14.4 Å². The number of Topliss-reactive ketones (excluding diaryl/α,β-unsaturated/α-hetero) is 2. The summed E-state index contributed by atoms with van der Waals surface area (Å²) in [6, 6.07) is 0. The second-order valence-corrected chi connectivity index (χ2v) is 15.1. The van der Waals surface area contributed by atoms with Crippen LogP contribution in [0, 0.1) is 11.8 Å². The fraction of sp³-hybridized carbons (Fsp3) is 0.553. The minimum Gasteiger partial charge on any atom is -0.507 e. The first-order valence-electron chi connectivity index (χ1n) is 16.5. The van der Waals surface area contributed by atoms with Crippen LogP contribution >= 0.6 is 0 Å². The van der Waals surface area contributed by atoms with Crippen LogP contribution in [0.2, 0.25) is 0 Å². The Labute approximate surface area is 276 Å². The van der Waals surface area contributed by atoms with Crippen molar-refractivity contribution in [1.82, 2.24) is 0 Å². The lowest BCUT2D eigenvalue weighted by Crippen LogP contribution is -2.72. The highest BCUT2D eigenvalue weighted by molar-refractivity contribution is 6.18. The van der Waals surface area contributed by atoms with Gasteiger partial charge in [-0.25, -0.2) is 0 Å². The molecule has 3 heterocycles. The molecule has 9 heteroatoms. The van der Waals surface area contributed by atoms with Crippen molar-refractivity contribution in [2.75, 3.05) is 0 Å². The van der Waals surface area contributed by atoms with Crippen LogP contribution in [0.25, 0.3) is 0 Å². The molecule has 3 aliphatic heterocycles. The molecule has 9 nitrogen and oxygen atoms in total. The van der Waals surface area contributed by atoms with Crippen LogP contribution in [-0.2, 0) is 31.9 Å². The summed E-state index contributed by atoms with van der Waals surface area (Å²) in [5.41, 5.74) is -1.42. The van der Waals surface area contributed by atoms with E-state index in [1.54, 1.807) is 19.1 Å². The zero-order valence-electron chi connectivity index (χ0n) is 28.6. The molecule has 1 aromatic carbocycles. The Morgan fingerprint density at radius 2 is 1.72 bits per heavy atom. The molecule has 7 rings (SSSR count). The van der Waals surface area contributed by atoms with E-state index < -0.39 is 40.2 Å². The molecule has 252 valence electrons. The van der Waals surface area contributed by atoms with Crippen LogP contribution in [0.1, 0.15) is 103 Å². The fourth-order valence-corrected chi connectivity index (χ4v) is 8.54. The van der Waals surface area contributed by atoms with E-state index in [1.807, 2.05) is 54.5 Å². The second-order valence-electron chi connectivity index (χ2n) is 15.1. The number of fused-ring (bicyclic) bond motifs is 2. The van der Waals surface area contributed by atoms with E-state index in [1.165, 1.54) is 5.57 Å². The van der Waals surface area contributed by atoms with Gasteiger partial charge >= 0.3 is 0 Å². The number of aromatic hydroxyl groups is 1. The van der Waals surface area contributed by atoms with E-state index in [-0.39, 0.29) is 41.6 Å². The molecule has 4 bridgehead atoms. The molecule has 0 radical (unpaired) electrons. The van der Waals surface area contributed by atoms with Crippen LogP contribution < -0.4 is 9.47 Å². The lowest BCUT2D eigenvalue weighted by molar-refractivity contribution is -0.171. The summed E-state index contributed by atoms with van der Waals surface area (Å²) in [4.78, 5) is 40.2. The third-order valence-electron chi connectivity index (χ3n) is 10.9. The average Bonchev–Trinajstić information content (AvgIpc) is 3.14. The Kier molecular flexibility index (Phi) is 7.91. The molecule has 2 unspecified atom stereocenters. The minimum absolute atomic E-state index is 0.0186. The van der Waals surface area contributed by atoms with Crippen molar-refractivity contribution in [2.45, 2.75) is 122 Å². The van der Waals surface area contributed by atoms with Crippen LogP contribution in [0.15, 0.2) is 46.8 Å². The molecule has 3 aliphatic carbocycles. The number of carbonyl (C=O) groups is 3. The number of aliphatic hydroxyl groups excluding tert-OH is 1. The molecule has 0 amide bonds. The molecule has 6 aliphatic rings.